The summed E-state index contributed by atoms with van der Waals surface area (Å²) in [6.07, 6.45) is 2.76. The van der Waals surface area contributed by atoms with Gasteiger partial charge in [0.2, 0.25) is 0 Å². The molecule has 1 rings (SSSR count). The molecule has 0 aliphatic heterocycles. The standard InChI is InChI=1S/C15H24ClNO2S/c1-12(2)17-11-13(7-6-10-20(3,18)19)14-8-4-5-9-15(14)16/h4-5,8-9,12-13,17H,6-7,10-11H2,1-3H3. The van der Waals surface area contributed by atoms with Crippen LogP contribution < -0.4 is 5.32 Å². The van der Waals surface area contributed by atoms with Gasteiger partial charge < -0.3 is 5.32 Å². The van der Waals surface area contributed by atoms with Crippen LogP contribution in [0.3, 0.4) is 0 Å². The number of sulfone groups is 1. The Bertz CT molecular complexity index is 514. The fraction of sp³-hybridized carbons (Fsp3) is 0.600. The van der Waals surface area contributed by atoms with Crippen LogP contribution in [-0.4, -0.2) is 33.0 Å². The predicted molar refractivity (Wildman–Crippen MR) is 86.3 cm³/mol. The summed E-state index contributed by atoms with van der Waals surface area (Å²) in [5.41, 5.74) is 1.09. The lowest BCUT2D eigenvalue weighted by atomic mass is 9.94. The maximum Gasteiger partial charge on any atom is 0.147 e. The molecule has 0 bridgehead atoms. The van der Waals surface area contributed by atoms with Gasteiger partial charge in [0, 0.05) is 29.6 Å². The number of hydrogen-bond acceptors (Lipinski definition) is 3. The Hall–Kier alpha value is -0.580. The van der Waals surface area contributed by atoms with Gasteiger partial charge in [-0.25, -0.2) is 8.42 Å². The molecule has 0 fully saturated rings. The lowest BCUT2D eigenvalue weighted by molar-refractivity contribution is 0.503. The van der Waals surface area contributed by atoms with Crippen molar-refractivity contribution < 1.29 is 8.42 Å². The first-order chi connectivity index (χ1) is 9.29. The number of rotatable bonds is 8. The molecule has 1 N–H and O–H groups in total. The zero-order valence-electron chi connectivity index (χ0n) is 12.4. The lowest BCUT2D eigenvalue weighted by Gasteiger charge is -2.20. The van der Waals surface area contributed by atoms with Crippen LogP contribution in [0.15, 0.2) is 24.3 Å². The minimum absolute atomic E-state index is 0.232. The molecule has 1 aromatic rings. The van der Waals surface area contributed by atoms with Gasteiger partial charge in [0.1, 0.15) is 9.84 Å². The summed E-state index contributed by atoms with van der Waals surface area (Å²) in [4.78, 5) is 0. The highest BCUT2D eigenvalue weighted by Crippen LogP contribution is 2.27. The van der Waals surface area contributed by atoms with Crippen LogP contribution in [0.2, 0.25) is 5.02 Å². The molecule has 0 aliphatic carbocycles. The first kappa shape index (κ1) is 17.5. The SMILES string of the molecule is CC(C)NCC(CCCS(C)(=O)=O)c1ccccc1Cl. The van der Waals surface area contributed by atoms with E-state index in [4.69, 9.17) is 11.6 Å². The molecule has 0 saturated carbocycles. The minimum Gasteiger partial charge on any atom is -0.314 e. The molecule has 1 unspecified atom stereocenters. The molecular formula is C15H24ClNO2S. The third-order valence-corrected chi connectivity index (χ3v) is 4.56. The summed E-state index contributed by atoms with van der Waals surface area (Å²) in [6, 6.07) is 8.19. The van der Waals surface area contributed by atoms with Gasteiger partial charge in [-0.15, -0.1) is 0 Å². The van der Waals surface area contributed by atoms with Crippen molar-refractivity contribution in [1.29, 1.82) is 0 Å². The first-order valence-corrected chi connectivity index (χ1v) is 9.39. The van der Waals surface area contributed by atoms with Crippen LogP contribution in [-0.2, 0) is 9.84 Å². The summed E-state index contributed by atoms with van der Waals surface area (Å²) in [5.74, 6) is 0.475. The van der Waals surface area contributed by atoms with Crippen LogP contribution in [0, 0.1) is 0 Å². The lowest BCUT2D eigenvalue weighted by Crippen LogP contribution is -2.28. The monoisotopic (exact) mass is 317 g/mol. The summed E-state index contributed by atoms with van der Waals surface area (Å²) in [7, 11) is -2.90. The quantitative estimate of drug-likeness (QED) is 0.800. The average molecular weight is 318 g/mol. The van der Waals surface area contributed by atoms with Crippen molar-refractivity contribution in [3.63, 3.8) is 0 Å². The number of halogens is 1. The first-order valence-electron chi connectivity index (χ1n) is 6.95. The molecule has 5 heteroatoms. The molecule has 0 heterocycles. The normalized spacial score (nSPS) is 13.7. The maximum atomic E-state index is 11.2. The van der Waals surface area contributed by atoms with Gasteiger partial charge in [0.15, 0.2) is 0 Å². The highest BCUT2D eigenvalue weighted by atomic mass is 35.5. The van der Waals surface area contributed by atoms with Gasteiger partial charge in [-0.1, -0.05) is 43.6 Å². The van der Waals surface area contributed by atoms with Crippen molar-refractivity contribution in [3.8, 4) is 0 Å². The molecule has 1 atom stereocenters. The Morgan fingerprint density at radius 3 is 2.45 bits per heavy atom. The zero-order valence-corrected chi connectivity index (χ0v) is 14.0. The Kier molecular flexibility index (Phi) is 7.00. The van der Waals surface area contributed by atoms with E-state index in [0.29, 0.717) is 12.5 Å². The van der Waals surface area contributed by atoms with Gasteiger partial charge in [-0.3, -0.25) is 0 Å². The van der Waals surface area contributed by atoms with E-state index in [0.717, 1.165) is 23.6 Å². The largest absolute Gasteiger partial charge is 0.314 e. The van der Waals surface area contributed by atoms with Gasteiger partial charge >= 0.3 is 0 Å². The molecule has 114 valence electrons. The fourth-order valence-electron chi connectivity index (χ4n) is 2.14. The summed E-state index contributed by atoms with van der Waals surface area (Å²) in [5, 5.41) is 4.16. The molecule has 0 saturated heterocycles. The van der Waals surface area contributed by atoms with Gasteiger partial charge in [0.05, 0.1) is 0 Å². The number of benzene rings is 1. The van der Waals surface area contributed by atoms with Crippen LogP contribution in [0.4, 0.5) is 0 Å². The van der Waals surface area contributed by atoms with Crippen LogP contribution in [0.5, 0.6) is 0 Å². The number of nitrogens with one attached hydrogen (secondary N) is 1. The van der Waals surface area contributed by atoms with E-state index in [1.165, 1.54) is 6.26 Å². The van der Waals surface area contributed by atoms with E-state index in [2.05, 4.69) is 19.2 Å². The smallest absolute Gasteiger partial charge is 0.147 e. The third kappa shape index (κ3) is 6.73. The average Bonchev–Trinajstić information content (AvgIpc) is 2.33. The molecule has 0 amide bonds. The molecule has 3 nitrogen and oxygen atoms in total. The molecule has 0 aliphatic rings. The van der Waals surface area contributed by atoms with Crippen LogP contribution in [0.25, 0.3) is 0 Å². The molecule has 1 aromatic carbocycles. The summed E-state index contributed by atoms with van der Waals surface area (Å²) >= 11 is 6.26. The van der Waals surface area contributed by atoms with Crippen molar-refractivity contribution in [1.82, 2.24) is 5.32 Å². The maximum absolute atomic E-state index is 11.2. The van der Waals surface area contributed by atoms with E-state index in [9.17, 15) is 8.42 Å². The van der Waals surface area contributed by atoms with Crippen molar-refractivity contribution in [3.05, 3.63) is 34.9 Å². The third-order valence-electron chi connectivity index (χ3n) is 3.19. The van der Waals surface area contributed by atoms with Crippen LogP contribution >= 0.6 is 11.6 Å². The molecular weight excluding hydrogens is 294 g/mol. The Morgan fingerprint density at radius 2 is 1.90 bits per heavy atom. The van der Waals surface area contributed by atoms with E-state index in [-0.39, 0.29) is 11.7 Å². The minimum atomic E-state index is -2.90. The van der Waals surface area contributed by atoms with Crippen LogP contribution in [0.1, 0.15) is 38.2 Å². The van der Waals surface area contributed by atoms with E-state index in [1.807, 2.05) is 24.3 Å². The Morgan fingerprint density at radius 1 is 1.25 bits per heavy atom. The predicted octanol–water partition coefficient (Wildman–Crippen LogP) is 3.25. The topological polar surface area (TPSA) is 46.2 Å². The summed E-state index contributed by atoms with van der Waals surface area (Å²) < 4.78 is 22.5. The summed E-state index contributed by atoms with van der Waals surface area (Å²) in [6.45, 7) is 5.01. The zero-order chi connectivity index (χ0) is 15.2. The van der Waals surface area contributed by atoms with Crippen molar-refractivity contribution in [2.24, 2.45) is 0 Å². The molecule has 20 heavy (non-hydrogen) atoms. The van der Waals surface area contributed by atoms with E-state index in [1.54, 1.807) is 0 Å². The number of hydrogen-bond donors (Lipinski definition) is 1. The second-order valence-corrected chi connectivity index (χ2v) is 8.22. The van der Waals surface area contributed by atoms with Gasteiger partial charge in [-0.05, 0) is 30.4 Å². The van der Waals surface area contributed by atoms with Gasteiger partial charge in [0.25, 0.3) is 0 Å². The van der Waals surface area contributed by atoms with E-state index >= 15 is 0 Å². The highest BCUT2D eigenvalue weighted by molar-refractivity contribution is 7.90. The second kappa shape index (κ2) is 8.01. The van der Waals surface area contributed by atoms with E-state index < -0.39 is 9.84 Å². The Balaban J connectivity index is 2.72. The van der Waals surface area contributed by atoms with Gasteiger partial charge in [-0.2, -0.15) is 0 Å². The molecule has 0 radical (unpaired) electrons. The Labute approximate surface area is 127 Å². The highest BCUT2D eigenvalue weighted by Gasteiger charge is 2.15. The van der Waals surface area contributed by atoms with Crippen molar-refractivity contribution in [2.45, 2.75) is 38.6 Å². The van der Waals surface area contributed by atoms with Crippen molar-refractivity contribution in [2.75, 3.05) is 18.6 Å². The van der Waals surface area contributed by atoms with Crippen molar-refractivity contribution >= 4 is 21.4 Å². The second-order valence-electron chi connectivity index (χ2n) is 5.55. The molecule has 0 spiro atoms. The molecule has 0 aromatic heterocycles. The fourth-order valence-corrected chi connectivity index (χ4v) is 3.12.